The number of hydrogen-bond donors (Lipinski definition) is 2. The first kappa shape index (κ1) is 23.8. The monoisotopic (exact) mass is 217 g/mol. The van der Waals surface area contributed by atoms with Crippen LogP contribution in [0, 0.1) is 0 Å². The number of aliphatic imine (C=N–C) groups is 1. The van der Waals surface area contributed by atoms with Gasteiger partial charge in [-0.25, -0.2) is 0 Å². The van der Waals surface area contributed by atoms with E-state index in [1.54, 1.807) is 19.6 Å². The summed E-state index contributed by atoms with van der Waals surface area (Å²) < 4.78 is 0. The van der Waals surface area contributed by atoms with Gasteiger partial charge in [0.25, 0.3) is 0 Å². The highest BCUT2D eigenvalue weighted by Gasteiger charge is 1.56. The molecule has 0 aliphatic carbocycles. The van der Waals surface area contributed by atoms with E-state index in [-0.39, 0.29) is 0 Å². The molecule has 0 radical (unpaired) electrons. The molecule has 0 bridgehead atoms. The Hall–Kier alpha value is -0.830. The Balaban J connectivity index is -0.0000000590. The van der Waals surface area contributed by atoms with E-state index in [4.69, 9.17) is 0 Å². The number of rotatable bonds is 3. The van der Waals surface area contributed by atoms with Gasteiger partial charge in [-0.05, 0) is 20.3 Å². The van der Waals surface area contributed by atoms with Gasteiger partial charge in [0.1, 0.15) is 0 Å². The average molecular weight is 217 g/mol. The highest BCUT2D eigenvalue weighted by molar-refractivity contribution is 5.55. The molecular formula is C12H31N3. The fourth-order valence-corrected chi connectivity index (χ4v) is 0.127. The summed E-state index contributed by atoms with van der Waals surface area (Å²) in [6.45, 7) is 11.8. The van der Waals surface area contributed by atoms with E-state index in [2.05, 4.69) is 36.1 Å². The van der Waals surface area contributed by atoms with Crippen LogP contribution in [0.25, 0.3) is 0 Å². The van der Waals surface area contributed by atoms with Crippen LogP contribution in [0.5, 0.6) is 0 Å². The summed E-state index contributed by atoms with van der Waals surface area (Å²) in [5.41, 5.74) is 0. The second-order valence-electron chi connectivity index (χ2n) is 2.26. The fraction of sp³-hybridized carbons (Fsp3) is 0.750. The van der Waals surface area contributed by atoms with Crippen LogP contribution in [-0.2, 0) is 0 Å². The standard InChI is InChI=1S/C4H8N2.C4H10.C2H7N.C2H6/c1-3-6-4-5-2;1-3-4-2;1-3-2;1-2/h3-4H,1H2,2H3,(H,5,6);3-4H2,1-2H3;3H,1-2H3;1-2H3. The van der Waals surface area contributed by atoms with E-state index >= 15 is 0 Å². The maximum absolute atomic E-state index is 3.62. The van der Waals surface area contributed by atoms with Gasteiger partial charge in [0, 0.05) is 7.05 Å². The molecule has 0 aromatic rings. The highest BCUT2D eigenvalue weighted by atomic mass is 14.9. The van der Waals surface area contributed by atoms with Crippen molar-refractivity contribution in [2.75, 3.05) is 21.1 Å². The molecular weight excluding hydrogens is 186 g/mol. The average Bonchev–Trinajstić information content (AvgIpc) is 2.30. The van der Waals surface area contributed by atoms with Crippen molar-refractivity contribution in [2.45, 2.75) is 40.5 Å². The maximum Gasteiger partial charge on any atom is 0.0859 e. The molecule has 0 atom stereocenters. The Bertz CT molecular complexity index is 88.9. The van der Waals surface area contributed by atoms with Crippen molar-refractivity contribution in [3.63, 3.8) is 0 Å². The van der Waals surface area contributed by atoms with Crippen molar-refractivity contribution >= 4 is 6.34 Å². The molecule has 0 unspecified atom stereocenters. The third kappa shape index (κ3) is 164. The number of nitrogens with zero attached hydrogens (tertiary/aromatic N) is 1. The molecule has 0 rings (SSSR count). The first-order chi connectivity index (χ1) is 7.24. The minimum atomic E-state index is 1.32. The summed E-state index contributed by atoms with van der Waals surface area (Å²) in [5.74, 6) is 0. The summed E-state index contributed by atoms with van der Waals surface area (Å²) >= 11 is 0. The summed E-state index contributed by atoms with van der Waals surface area (Å²) in [6, 6.07) is 0. The molecule has 0 aliphatic heterocycles. The fourth-order valence-electron chi connectivity index (χ4n) is 0.127. The molecule has 0 aromatic carbocycles. The van der Waals surface area contributed by atoms with Crippen LogP contribution in [-0.4, -0.2) is 27.5 Å². The van der Waals surface area contributed by atoms with E-state index in [0.29, 0.717) is 0 Å². The van der Waals surface area contributed by atoms with Gasteiger partial charge in [0.2, 0.25) is 0 Å². The second-order valence-corrected chi connectivity index (χ2v) is 2.26. The lowest BCUT2D eigenvalue weighted by Gasteiger charge is -1.78. The van der Waals surface area contributed by atoms with E-state index < -0.39 is 0 Å². The van der Waals surface area contributed by atoms with Gasteiger partial charge in [0.05, 0.1) is 6.34 Å². The molecule has 0 aromatic heterocycles. The van der Waals surface area contributed by atoms with Gasteiger partial charge >= 0.3 is 0 Å². The number of unbranched alkanes of at least 4 members (excludes halogenated alkanes) is 1. The predicted octanol–water partition coefficient (Wildman–Crippen LogP) is 3.05. The van der Waals surface area contributed by atoms with Crippen molar-refractivity contribution in [1.29, 1.82) is 0 Å². The minimum absolute atomic E-state index is 1.32. The summed E-state index contributed by atoms with van der Waals surface area (Å²) in [4.78, 5) is 3.62. The first-order valence-corrected chi connectivity index (χ1v) is 5.61. The molecule has 15 heavy (non-hydrogen) atoms. The van der Waals surface area contributed by atoms with Crippen molar-refractivity contribution in [2.24, 2.45) is 4.99 Å². The quantitative estimate of drug-likeness (QED) is 0.563. The van der Waals surface area contributed by atoms with Crippen LogP contribution in [0.4, 0.5) is 0 Å². The van der Waals surface area contributed by atoms with Crippen molar-refractivity contribution in [1.82, 2.24) is 10.6 Å². The summed E-state index contributed by atoms with van der Waals surface area (Å²) in [7, 11) is 5.44. The van der Waals surface area contributed by atoms with Gasteiger partial charge in [-0.3, -0.25) is 4.99 Å². The second kappa shape index (κ2) is 51.2. The summed E-state index contributed by atoms with van der Waals surface area (Å²) in [6.07, 6.45) is 5.76. The Labute approximate surface area is 97.1 Å². The Morgan fingerprint density at radius 1 is 1.13 bits per heavy atom. The maximum atomic E-state index is 3.62. The molecule has 0 amide bonds. The normalized spacial score (nSPS) is 7.13. The number of hydrogen-bond acceptors (Lipinski definition) is 2. The van der Waals surface area contributed by atoms with Crippen LogP contribution < -0.4 is 10.6 Å². The van der Waals surface area contributed by atoms with Crippen LogP contribution >= 0.6 is 0 Å². The zero-order valence-electron chi connectivity index (χ0n) is 11.7. The molecule has 94 valence electrons. The Morgan fingerprint density at radius 3 is 1.53 bits per heavy atom. The van der Waals surface area contributed by atoms with Crippen LogP contribution in [0.3, 0.4) is 0 Å². The van der Waals surface area contributed by atoms with Crippen molar-refractivity contribution in [3.8, 4) is 0 Å². The Kier molecular flexibility index (Phi) is 81.2. The zero-order chi connectivity index (χ0) is 12.9. The third-order valence-electron chi connectivity index (χ3n) is 0.821. The summed E-state index contributed by atoms with van der Waals surface area (Å²) in [5, 5.41) is 5.42. The van der Waals surface area contributed by atoms with E-state index in [9.17, 15) is 0 Å². The molecule has 0 saturated carbocycles. The largest absolute Gasteiger partial charge is 0.354 e. The molecule has 0 spiro atoms. The minimum Gasteiger partial charge on any atom is -0.354 e. The lowest BCUT2D eigenvalue weighted by atomic mass is 10.4. The SMILES string of the molecule is C=CNC=NC.CC.CCCC.CNC. The smallest absolute Gasteiger partial charge is 0.0859 e. The van der Waals surface area contributed by atoms with E-state index in [1.807, 2.05) is 27.9 Å². The van der Waals surface area contributed by atoms with E-state index in [0.717, 1.165) is 0 Å². The van der Waals surface area contributed by atoms with Crippen LogP contribution in [0.2, 0.25) is 0 Å². The van der Waals surface area contributed by atoms with Crippen LogP contribution in [0.15, 0.2) is 17.8 Å². The predicted molar refractivity (Wildman–Crippen MR) is 74.7 cm³/mol. The topological polar surface area (TPSA) is 36.4 Å². The van der Waals surface area contributed by atoms with Crippen molar-refractivity contribution < 1.29 is 0 Å². The van der Waals surface area contributed by atoms with Gasteiger partial charge in [0.15, 0.2) is 0 Å². The lowest BCUT2D eigenvalue weighted by Crippen LogP contribution is -1.97. The first-order valence-electron chi connectivity index (χ1n) is 5.61. The molecule has 3 nitrogen and oxygen atoms in total. The van der Waals surface area contributed by atoms with Gasteiger partial charge in [-0.1, -0.05) is 47.1 Å². The van der Waals surface area contributed by atoms with Gasteiger partial charge < -0.3 is 10.6 Å². The molecule has 2 N–H and O–H groups in total. The molecule has 3 heteroatoms. The number of nitrogens with one attached hydrogen (secondary N) is 2. The van der Waals surface area contributed by atoms with Crippen LogP contribution in [0.1, 0.15) is 40.5 Å². The molecule has 0 saturated heterocycles. The highest BCUT2D eigenvalue weighted by Crippen LogP contribution is 1.76. The third-order valence-corrected chi connectivity index (χ3v) is 0.821. The molecule has 0 aliphatic rings. The Morgan fingerprint density at radius 2 is 1.47 bits per heavy atom. The lowest BCUT2D eigenvalue weighted by molar-refractivity contribution is 0.886. The molecule has 0 heterocycles. The molecule has 0 fully saturated rings. The van der Waals surface area contributed by atoms with Crippen molar-refractivity contribution in [3.05, 3.63) is 12.8 Å². The van der Waals surface area contributed by atoms with E-state index in [1.165, 1.54) is 12.8 Å². The van der Waals surface area contributed by atoms with Gasteiger partial charge in [-0.15, -0.1) is 0 Å². The zero-order valence-corrected chi connectivity index (χ0v) is 11.7. The van der Waals surface area contributed by atoms with Gasteiger partial charge in [-0.2, -0.15) is 0 Å².